The van der Waals surface area contributed by atoms with Crippen molar-refractivity contribution in [1.82, 2.24) is 9.13 Å². The van der Waals surface area contributed by atoms with Gasteiger partial charge in [0, 0.05) is 73.1 Å². The number of nitrogens with zero attached hydrogens (tertiary/aromatic N) is 4. The van der Waals surface area contributed by atoms with Gasteiger partial charge in [-0.1, -0.05) is 36.4 Å². The molecule has 6 aromatic rings. The molecule has 0 saturated carbocycles. The molecule has 2 fully saturated rings. The van der Waals surface area contributed by atoms with E-state index in [1.807, 2.05) is 48.5 Å². The fourth-order valence-corrected chi connectivity index (χ4v) is 10.2. The van der Waals surface area contributed by atoms with Gasteiger partial charge in [-0.25, -0.2) is 0 Å². The van der Waals surface area contributed by atoms with Crippen LogP contribution in [0.5, 0.6) is 0 Å². The number of carbonyl (C=O) groups excluding carboxylic acids is 8. The maximum atomic E-state index is 13.7. The topological polar surface area (TPSA) is 177 Å². The molecule has 4 aliphatic rings. The molecule has 14 heteroatoms. The van der Waals surface area contributed by atoms with Crippen molar-refractivity contribution in [3.8, 4) is 0 Å². The van der Waals surface area contributed by atoms with Crippen LogP contribution in [0.25, 0.3) is 21.8 Å². The Bertz CT molecular complexity index is 2780. The quantitative estimate of drug-likeness (QED) is 0.182. The van der Waals surface area contributed by atoms with Crippen LogP contribution in [0.3, 0.4) is 0 Å². The molecule has 62 heavy (non-hydrogen) atoms. The number of imide groups is 2. The van der Waals surface area contributed by atoms with Gasteiger partial charge in [-0.05, 0) is 84.6 Å². The molecule has 4 atom stereocenters. The summed E-state index contributed by atoms with van der Waals surface area (Å²) in [6, 6.07) is 27.9. The van der Waals surface area contributed by atoms with E-state index in [9.17, 15) is 38.4 Å². The summed E-state index contributed by atoms with van der Waals surface area (Å²) in [5.41, 5.74) is 6.56. The second-order valence-corrected chi connectivity index (χ2v) is 16.5. The molecule has 2 saturated heterocycles. The summed E-state index contributed by atoms with van der Waals surface area (Å²) in [6.07, 6.45) is 1.03. The highest BCUT2D eigenvalue weighted by molar-refractivity contribution is 6.23. The number of hydrogen-bond acceptors (Lipinski definition) is 8. The maximum Gasteiger partial charge on any atom is 0.238 e. The van der Waals surface area contributed by atoms with E-state index in [0.29, 0.717) is 35.6 Å². The van der Waals surface area contributed by atoms with Gasteiger partial charge >= 0.3 is 0 Å². The summed E-state index contributed by atoms with van der Waals surface area (Å²) < 4.78 is 3.31. The van der Waals surface area contributed by atoms with Crippen molar-refractivity contribution in [2.45, 2.75) is 52.4 Å². The minimum Gasteiger partial charge on any atom is -0.326 e. The first-order valence-corrected chi connectivity index (χ1v) is 20.7. The molecule has 2 aliphatic carbocycles. The molecule has 0 spiro atoms. The lowest BCUT2D eigenvalue weighted by Crippen LogP contribution is -2.31. The Morgan fingerprint density at radius 3 is 1.18 bits per heavy atom. The highest BCUT2D eigenvalue weighted by atomic mass is 16.2. The number of nitrogens with one attached hydrogen (secondary N) is 2. The van der Waals surface area contributed by atoms with Crippen LogP contribution in [0, 0.1) is 23.7 Å². The Labute approximate surface area is 354 Å². The van der Waals surface area contributed by atoms with Gasteiger partial charge in [0.15, 0.2) is 0 Å². The van der Waals surface area contributed by atoms with Gasteiger partial charge in [-0.3, -0.25) is 57.3 Å². The van der Waals surface area contributed by atoms with Crippen LogP contribution >= 0.6 is 0 Å². The molecular formula is C48H40N6O8. The monoisotopic (exact) mass is 828 g/mol. The van der Waals surface area contributed by atoms with Crippen molar-refractivity contribution in [2.24, 2.45) is 23.7 Å². The van der Waals surface area contributed by atoms with E-state index >= 15 is 0 Å². The van der Waals surface area contributed by atoms with Gasteiger partial charge in [-0.2, -0.15) is 0 Å². The molecule has 6 amide bonds. The van der Waals surface area contributed by atoms with E-state index in [-0.39, 0.29) is 61.1 Å². The Morgan fingerprint density at radius 2 is 0.823 bits per heavy atom. The largest absolute Gasteiger partial charge is 0.326 e. The number of anilines is 4. The first-order valence-electron chi connectivity index (χ1n) is 20.7. The van der Waals surface area contributed by atoms with Crippen molar-refractivity contribution in [3.63, 3.8) is 0 Å². The third-order valence-electron chi connectivity index (χ3n) is 13.0. The molecule has 0 radical (unpaired) electrons. The fourth-order valence-electron chi connectivity index (χ4n) is 10.2. The number of amides is 6. The van der Waals surface area contributed by atoms with Crippen molar-refractivity contribution in [3.05, 3.63) is 120 Å². The van der Waals surface area contributed by atoms with Crippen molar-refractivity contribution in [1.29, 1.82) is 0 Å². The lowest BCUT2D eigenvalue weighted by atomic mass is 9.79. The third-order valence-corrected chi connectivity index (χ3v) is 13.0. The molecule has 4 aromatic carbocycles. The summed E-state index contributed by atoms with van der Waals surface area (Å²) in [5, 5.41) is 7.33. The normalized spacial score (nSPS) is 20.3. The first kappa shape index (κ1) is 38.7. The Morgan fingerprint density at radius 1 is 0.484 bits per heavy atom. The minimum atomic E-state index is -0.593. The van der Waals surface area contributed by atoms with E-state index in [1.54, 1.807) is 57.7 Å². The minimum absolute atomic E-state index is 0.126. The number of fused-ring (bicyclic) bond motifs is 8. The van der Waals surface area contributed by atoms with E-state index < -0.39 is 35.5 Å². The summed E-state index contributed by atoms with van der Waals surface area (Å²) >= 11 is 0. The average Bonchev–Trinajstić information content (AvgIpc) is 3.93. The zero-order valence-electron chi connectivity index (χ0n) is 33.8. The zero-order valence-corrected chi connectivity index (χ0v) is 33.8. The predicted molar refractivity (Wildman–Crippen MR) is 230 cm³/mol. The fraction of sp³-hybridized carbons (Fsp3) is 0.250. The van der Waals surface area contributed by atoms with Crippen molar-refractivity contribution < 1.29 is 38.4 Å². The van der Waals surface area contributed by atoms with Crippen LogP contribution in [0.2, 0.25) is 0 Å². The van der Waals surface area contributed by atoms with E-state index in [1.165, 1.54) is 23.6 Å². The van der Waals surface area contributed by atoms with Crippen molar-refractivity contribution in [2.75, 3.05) is 20.4 Å². The average molecular weight is 829 g/mol. The molecule has 10 rings (SSSR count). The number of aromatic nitrogens is 2. The van der Waals surface area contributed by atoms with E-state index in [4.69, 9.17) is 0 Å². The second kappa shape index (κ2) is 14.6. The SMILES string of the molecule is CC(=O)n1c2c(c3ccccc31)CC1C(=O)N(c3ccc(NC(=O)CCC(=O)Nc4ccc(N5C(=O)[C@H]6Cc7c(c8ccccc8n7C(C)=O)C[C@H]6C5=O)cc4)cc3)C(=O)C1C2. The summed E-state index contributed by atoms with van der Waals surface area (Å²) in [4.78, 5) is 108. The highest BCUT2D eigenvalue weighted by Crippen LogP contribution is 2.45. The molecule has 2 aromatic heterocycles. The van der Waals surface area contributed by atoms with Crippen LogP contribution in [0.1, 0.15) is 58.8 Å². The summed E-state index contributed by atoms with van der Waals surface area (Å²) in [5.74, 6) is -4.65. The lowest BCUT2D eigenvalue weighted by Gasteiger charge is -2.23. The molecule has 2 unspecified atom stereocenters. The lowest BCUT2D eigenvalue weighted by molar-refractivity contribution is -0.124. The maximum absolute atomic E-state index is 13.7. The van der Waals surface area contributed by atoms with Crippen LogP contribution in [0.15, 0.2) is 97.1 Å². The van der Waals surface area contributed by atoms with Crippen molar-refractivity contribution >= 4 is 91.8 Å². The molecule has 0 bridgehead atoms. The molecule has 2 N–H and O–H groups in total. The van der Waals surface area contributed by atoms with Gasteiger partial charge in [0.25, 0.3) is 0 Å². The molecule has 14 nitrogen and oxygen atoms in total. The first-order chi connectivity index (χ1) is 29.9. The molecular weight excluding hydrogens is 789 g/mol. The number of benzene rings is 4. The predicted octanol–water partition coefficient (Wildman–Crippen LogP) is 6.08. The zero-order chi connectivity index (χ0) is 43.1. The Balaban J connectivity index is 0.734. The van der Waals surface area contributed by atoms with Gasteiger partial charge in [-0.15, -0.1) is 0 Å². The highest BCUT2D eigenvalue weighted by Gasteiger charge is 2.52. The summed E-state index contributed by atoms with van der Waals surface area (Å²) in [6.45, 7) is 2.99. The smallest absolute Gasteiger partial charge is 0.238 e. The van der Waals surface area contributed by atoms with E-state index in [0.717, 1.165) is 44.3 Å². The number of hydrogen-bond donors (Lipinski definition) is 2. The van der Waals surface area contributed by atoms with Crippen LogP contribution < -0.4 is 20.4 Å². The van der Waals surface area contributed by atoms with Crippen LogP contribution in [-0.2, 0) is 54.5 Å². The second-order valence-electron chi connectivity index (χ2n) is 16.5. The number of carbonyl (C=O) groups is 8. The van der Waals surface area contributed by atoms with Crippen LogP contribution in [-0.4, -0.2) is 56.4 Å². The van der Waals surface area contributed by atoms with Crippen LogP contribution in [0.4, 0.5) is 22.7 Å². The Kier molecular flexibility index (Phi) is 9.12. The number of para-hydroxylation sites is 2. The van der Waals surface area contributed by atoms with Gasteiger partial charge in [0.1, 0.15) is 0 Å². The molecule has 2 aliphatic heterocycles. The molecule has 310 valence electrons. The van der Waals surface area contributed by atoms with Gasteiger partial charge < -0.3 is 10.6 Å². The van der Waals surface area contributed by atoms with Gasteiger partial charge in [0.2, 0.25) is 47.3 Å². The van der Waals surface area contributed by atoms with Gasteiger partial charge in [0.05, 0.1) is 46.1 Å². The molecule has 4 heterocycles. The standard InChI is InChI=1S/C48H40N6O8/c1-25(55)51-39-9-5-3-7-31(39)33-21-35-37(23-41(33)51)47(61)53(45(35)59)29-15-11-27(12-16-29)49-43(57)19-20-44(58)50-28-13-17-30(18-14-28)54-46(60)36-22-34-32-8-4-6-10-40(32)52(26(2)56)42(34)24-38(36)48(54)62/h3-18,35-38H,19-24H2,1-2H3,(H,49,57)(H,50,58)/t35-,36?,37+,38?/m1/s1. The Hall–Kier alpha value is -7.48. The third kappa shape index (κ3) is 6.07. The van der Waals surface area contributed by atoms with E-state index in [2.05, 4.69) is 10.6 Å². The summed E-state index contributed by atoms with van der Waals surface area (Å²) in [7, 11) is 0. The number of rotatable bonds is 7.